The van der Waals surface area contributed by atoms with E-state index in [2.05, 4.69) is 21.0 Å². The summed E-state index contributed by atoms with van der Waals surface area (Å²) in [5, 5.41) is 3.73. The molecule has 0 amide bonds. The summed E-state index contributed by atoms with van der Waals surface area (Å²) >= 11 is 3.38. The molecule has 0 radical (unpaired) electrons. The molecule has 0 saturated carbocycles. The topological polar surface area (TPSA) is 26.5 Å². The van der Waals surface area contributed by atoms with Crippen LogP contribution >= 0.6 is 15.9 Å². The average Bonchev–Trinajstić information content (AvgIpc) is 2.79. The molecule has 0 bridgehead atoms. The van der Waals surface area contributed by atoms with Crippen LogP contribution in [0.5, 0.6) is 5.75 Å². The number of pyridine rings is 1. The standard InChI is InChI=1S/C14H10BrFN2O/c15-12-6-11(8-18-13(12)7-14(16)17-18)19-9-10-4-2-1-3-5-10/h1-8H,9H2. The van der Waals surface area contributed by atoms with Gasteiger partial charge in [-0.1, -0.05) is 30.3 Å². The first-order valence-electron chi connectivity index (χ1n) is 5.73. The molecular formula is C14H10BrFN2O. The van der Waals surface area contributed by atoms with Crippen molar-refractivity contribution in [3.05, 3.63) is 64.6 Å². The van der Waals surface area contributed by atoms with Gasteiger partial charge in [0.1, 0.15) is 12.4 Å². The number of benzene rings is 1. The van der Waals surface area contributed by atoms with Gasteiger partial charge in [-0.2, -0.15) is 4.39 Å². The van der Waals surface area contributed by atoms with Gasteiger partial charge < -0.3 is 4.74 Å². The number of rotatable bonds is 3. The highest BCUT2D eigenvalue weighted by Crippen LogP contribution is 2.24. The number of aromatic nitrogens is 2. The smallest absolute Gasteiger partial charge is 0.233 e. The van der Waals surface area contributed by atoms with Crippen LogP contribution < -0.4 is 4.74 Å². The van der Waals surface area contributed by atoms with Crippen LogP contribution in [0.25, 0.3) is 5.52 Å². The zero-order valence-corrected chi connectivity index (χ0v) is 11.5. The number of nitrogens with zero attached hydrogens (tertiary/aromatic N) is 2. The van der Waals surface area contributed by atoms with Gasteiger partial charge in [-0.15, -0.1) is 5.10 Å². The van der Waals surface area contributed by atoms with Crippen LogP contribution in [0.4, 0.5) is 4.39 Å². The third-order valence-corrected chi connectivity index (χ3v) is 3.35. The minimum absolute atomic E-state index is 0.461. The molecule has 96 valence electrons. The van der Waals surface area contributed by atoms with Crippen molar-refractivity contribution in [2.45, 2.75) is 6.61 Å². The lowest BCUT2D eigenvalue weighted by Crippen LogP contribution is -1.97. The Morgan fingerprint density at radius 3 is 2.79 bits per heavy atom. The van der Waals surface area contributed by atoms with Crippen LogP contribution in [-0.2, 0) is 6.61 Å². The van der Waals surface area contributed by atoms with Gasteiger partial charge in [-0.3, -0.25) is 0 Å². The number of halogens is 2. The summed E-state index contributed by atoms with van der Waals surface area (Å²) in [5.74, 6) is 0.118. The van der Waals surface area contributed by atoms with E-state index in [9.17, 15) is 4.39 Å². The van der Waals surface area contributed by atoms with Crippen LogP contribution in [-0.4, -0.2) is 9.61 Å². The Labute approximate surface area is 117 Å². The Morgan fingerprint density at radius 2 is 2.00 bits per heavy atom. The molecule has 3 nitrogen and oxygen atoms in total. The lowest BCUT2D eigenvalue weighted by Gasteiger charge is -2.07. The SMILES string of the molecule is Fc1cc2c(Br)cc(OCc3ccccc3)cn2n1. The minimum Gasteiger partial charge on any atom is -0.487 e. The molecule has 2 heterocycles. The Kier molecular flexibility index (Phi) is 3.21. The van der Waals surface area contributed by atoms with Crippen molar-refractivity contribution in [2.75, 3.05) is 0 Å². The molecular weight excluding hydrogens is 311 g/mol. The van der Waals surface area contributed by atoms with Crippen LogP contribution in [0.1, 0.15) is 5.56 Å². The molecule has 0 spiro atoms. The zero-order valence-electron chi connectivity index (χ0n) is 9.88. The summed E-state index contributed by atoms with van der Waals surface area (Å²) in [7, 11) is 0. The van der Waals surface area contributed by atoms with E-state index in [1.165, 1.54) is 10.6 Å². The maximum atomic E-state index is 13.1. The monoisotopic (exact) mass is 320 g/mol. The summed E-state index contributed by atoms with van der Waals surface area (Å²) in [5.41, 5.74) is 1.75. The normalized spacial score (nSPS) is 10.8. The molecule has 3 rings (SSSR count). The number of fused-ring (bicyclic) bond motifs is 1. The highest BCUT2D eigenvalue weighted by atomic mass is 79.9. The summed E-state index contributed by atoms with van der Waals surface area (Å²) in [6.45, 7) is 0.461. The van der Waals surface area contributed by atoms with Gasteiger partial charge in [0.05, 0.1) is 11.7 Å². The summed E-state index contributed by atoms with van der Waals surface area (Å²) in [6, 6.07) is 13.0. The molecule has 1 aromatic carbocycles. The predicted octanol–water partition coefficient (Wildman–Crippen LogP) is 3.81. The van der Waals surface area contributed by atoms with Gasteiger partial charge in [0.25, 0.3) is 0 Å². The molecule has 3 aromatic rings. The molecule has 5 heteroatoms. The zero-order chi connectivity index (χ0) is 13.2. The van der Waals surface area contributed by atoms with Crippen LogP contribution in [0.15, 0.2) is 53.1 Å². The highest BCUT2D eigenvalue weighted by molar-refractivity contribution is 9.10. The lowest BCUT2D eigenvalue weighted by molar-refractivity contribution is 0.304. The summed E-state index contributed by atoms with van der Waals surface area (Å²) in [4.78, 5) is 0. The second kappa shape index (κ2) is 5.01. The molecule has 0 aliphatic carbocycles. The molecule has 0 aliphatic heterocycles. The Balaban J connectivity index is 1.85. The summed E-state index contributed by atoms with van der Waals surface area (Å²) < 4.78 is 21.0. The highest BCUT2D eigenvalue weighted by Gasteiger charge is 2.07. The largest absolute Gasteiger partial charge is 0.487 e. The molecule has 0 N–H and O–H groups in total. The van der Waals surface area contributed by atoms with Gasteiger partial charge in [-0.25, -0.2) is 4.52 Å². The van der Waals surface area contributed by atoms with E-state index in [1.807, 2.05) is 30.3 Å². The molecule has 19 heavy (non-hydrogen) atoms. The number of ether oxygens (including phenoxy) is 1. The van der Waals surface area contributed by atoms with E-state index in [0.29, 0.717) is 17.9 Å². The van der Waals surface area contributed by atoms with Crippen LogP contribution in [0.3, 0.4) is 0 Å². The first kappa shape index (κ1) is 12.2. The maximum Gasteiger partial charge on any atom is 0.233 e. The fourth-order valence-corrected chi connectivity index (χ4v) is 2.34. The van der Waals surface area contributed by atoms with Crippen LogP contribution in [0, 0.1) is 5.95 Å². The predicted molar refractivity (Wildman–Crippen MR) is 73.6 cm³/mol. The van der Waals surface area contributed by atoms with Crippen molar-refractivity contribution in [2.24, 2.45) is 0 Å². The molecule has 2 aromatic heterocycles. The van der Waals surface area contributed by atoms with Crippen LogP contribution in [0.2, 0.25) is 0 Å². The van der Waals surface area contributed by atoms with Crippen molar-refractivity contribution in [1.29, 1.82) is 0 Å². The van der Waals surface area contributed by atoms with Gasteiger partial charge >= 0.3 is 0 Å². The minimum atomic E-state index is -0.513. The first-order valence-corrected chi connectivity index (χ1v) is 6.53. The Morgan fingerprint density at radius 1 is 1.21 bits per heavy atom. The van der Waals surface area contributed by atoms with Gasteiger partial charge in [-0.05, 0) is 27.6 Å². The van der Waals surface area contributed by atoms with E-state index in [4.69, 9.17) is 4.74 Å². The third kappa shape index (κ3) is 2.61. The second-order valence-corrected chi connectivity index (χ2v) is 4.95. The summed E-state index contributed by atoms with van der Waals surface area (Å²) in [6.07, 6.45) is 1.66. The Hall–Kier alpha value is -1.88. The van der Waals surface area contributed by atoms with Crippen molar-refractivity contribution in [1.82, 2.24) is 9.61 Å². The molecule has 0 aliphatic rings. The second-order valence-electron chi connectivity index (χ2n) is 4.09. The van der Waals surface area contributed by atoms with Crippen molar-refractivity contribution < 1.29 is 9.13 Å². The van der Waals surface area contributed by atoms with E-state index in [0.717, 1.165) is 10.0 Å². The molecule has 0 saturated heterocycles. The maximum absolute atomic E-state index is 13.1. The van der Waals surface area contributed by atoms with Gasteiger partial charge in [0.15, 0.2) is 0 Å². The molecule has 0 fully saturated rings. The Bertz CT molecular complexity index is 712. The van der Waals surface area contributed by atoms with Crippen molar-refractivity contribution >= 4 is 21.4 Å². The average molecular weight is 321 g/mol. The van der Waals surface area contributed by atoms with Crippen molar-refractivity contribution in [3.8, 4) is 5.75 Å². The molecule has 0 atom stereocenters. The van der Waals surface area contributed by atoms with E-state index < -0.39 is 5.95 Å². The number of hydrogen-bond acceptors (Lipinski definition) is 2. The van der Waals surface area contributed by atoms with Gasteiger partial charge in [0, 0.05) is 10.5 Å². The quantitative estimate of drug-likeness (QED) is 0.733. The van der Waals surface area contributed by atoms with E-state index in [1.54, 1.807) is 12.3 Å². The third-order valence-electron chi connectivity index (χ3n) is 2.72. The van der Waals surface area contributed by atoms with E-state index in [-0.39, 0.29) is 0 Å². The fourth-order valence-electron chi connectivity index (χ4n) is 1.82. The van der Waals surface area contributed by atoms with Crippen molar-refractivity contribution in [3.63, 3.8) is 0 Å². The van der Waals surface area contributed by atoms with E-state index >= 15 is 0 Å². The molecule has 0 unspecified atom stereocenters. The fraction of sp³-hybridized carbons (Fsp3) is 0.0714. The van der Waals surface area contributed by atoms with Gasteiger partial charge in [0.2, 0.25) is 5.95 Å². The lowest BCUT2D eigenvalue weighted by atomic mass is 10.2. The number of hydrogen-bond donors (Lipinski definition) is 0. The first-order chi connectivity index (χ1) is 9.22.